The van der Waals surface area contributed by atoms with Crippen molar-refractivity contribution < 1.29 is 9.53 Å². The third kappa shape index (κ3) is 1.78. The van der Waals surface area contributed by atoms with E-state index in [2.05, 4.69) is 15.0 Å². The van der Waals surface area contributed by atoms with Gasteiger partial charge < -0.3 is 10.1 Å². The van der Waals surface area contributed by atoms with Crippen LogP contribution in [0.2, 0.25) is 0 Å². The lowest BCUT2D eigenvalue weighted by Crippen LogP contribution is -2.31. The zero-order valence-corrected chi connectivity index (χ0v) is 8.71. The number of hydrogen-bond acceptors (Lipinski definition) is 5. The molecular weight excluding hydrogens is 200 g/mol. The number of thiazole rings is 1. The van der Waals surface area contributed by atoms with Crippen LogP contribution < -0.4 is 5.32 Å². The quantitative estimate of drug-likeness (QED) is 0.735. The molecule has 1 saturated heterocycles. The van der Waals surface area contributed by atoms with Gasteiger partial charge in [-0.3, -0.25) is 4.79 Å². The summed E-state index contributed by atoms with van der Waals surface area (Å²) >= 11 is 1.64. The Morgan fingerprint density at radius 3 is 3.29 bits per heavy atom. The van der Waals surface area contributed by atoms with E-state index in [1.54, 1.807) is 17.5 Å². The Morgan fingerprint density at radius 2 is 2.64 bits per heavy atom. The predicted molar refractivity (Wildman–Crippen MR) is 53.3 cm³/mol. The van der Waals surface area contributed by atoms with E-state index in [0.29, 0.717) is 5.92 Å². The number of nitrogens with one attached hydrogen (secondary N) is 1. The summed E-state index contributed by atoms with van der Waals surface area (Å²) in [6.07, 6.45) is 2.59. The molecule has 2 atom stereocenters. The molecule has 4 nitrogen and oxygen atoms in total. The van der Waals surface area contributed by atoms with E-state index < -0.39 is 0 Å². The molecule has 0 aliphatic carbocycles. The molecule has 2 heterocycles. The number of methoxy groups -OCH3 is 1. The minimum absolute atomic E-state index is 0.158. The lowest BCUT2D eigenvalue weighted by molar-refractivity contribution is -0.142. The second kappa shape index (κ2) is 4.06. The van der Waals surface area contributed by atoms with Crippen LogP contribution in [0.25, 0.3) is 0 Å². The largest absolute Gasteiger partial charge is 0.468 e. The van der Waals surface area contributed by atoms with Crippen LogP contribution in [-0.2, 0) is 9.53 Å². The van der Waals surface area contributed by atoms with Crippen molar-refractivity contribution in [3.8, 4) is 0 Å². The molecule has 0 saturated carbocycles. The van der Waals surface area contributed by atoms with E-state index in [0.717, 1.165) is 18.0 Å². The standard InChI is InChI=1S/C9H12N2O2S/c1-13-9(12)7-4-6(5-11-7)8-10-2-3-14-8/h2-3,6-7,11H,4-5H2,1H3/t6-,7-/m0/s1. The minimum Gasteiger partial charge on any atom is -0.468 e. The van der Waals surface area contributed by atoms with Crippen LogP contribution in [0.15, 0.2) is 11.6 Å². The average Bonchev–Trinajstić information content (AvgIpc) is 2.86. The fourth-order valence-electron chi connectivity index (χ4n) is 1.68. The maximum atomic E-state index is 11.2. The SMILES string of the molecule is COC(=O)[C@@H]1C[C@H](c2nccs2)CN1. The molecule has 76 valence electrons. The molecule has 0 aromatic carbocycles. The Labute approximate surface area is 86.3 Å². The zero-order valence-electron chi connectivity index (χ0n) is 7.90. The Balaban J connectivity index is 1.98. The smallest absolute Gasteiger partial charge is 0.322 e. The monoisotopic (exact) mass is 212 g/mol. The lowest BCUT2D eigenvalue weighted by Gasteiger charge is -2.06. The Morgan fingerprint density at radius 1 is 1.79 bits per heavy atom. The highest BCUT2D eigenvalue weighted by molar-refractivity contribution is 7.09. The van der Waals surface area contributed by atoms with Crippen LogP contribution in [0.5, 0.6) is 0 Å². The molecule has 2 rings (SSSR count). The highest BCUT2D eigenvalue weighted by Gasteiger charge is 2.31. The first-order valence-corrected chi connectivity index (χ1v) is 5.40. The number of carbonyl (C=O) groups is 1. The third-order valence-corrected chi connectivity index (χ3v) is 3.36. The highest BCUT2D eigenvalue weighted by atomic mass is 32.1. The first kappa shape index (κ1) is 9.61. The number of rotatable bonds is 2. The number of esters is 1. The van der Waals surface area contributed by atoms with Gasteiger partial charge in [0.15, 0.2) is 0 Å². The summed E-state index contributed by atoms with van der Waals surface area (Å²) in [5, 5.41) is 6.20. The summed E-state index contributed by atoms with van der Waals surface area (Å²) in [6, 6.07) is -0.158. The molecule has 1 aromatic rings. The van der Waals surface area contributed by atoms with Gasteiger partial charge >= 0.3 is 5.97 Å². The third-order valence-electron chi connectivity index (χ3n) is 2.42. The molecule has 14 heavy (non-hydrogen) atoms. The van der Waals surface area contributed by atoms with E-state index in [-0.39, 0.29) is 12.0 Å². The summed E-state index contributed by atoms with van der Waals surface area (Å²) in [6.45, 7) is 0.813. The molecule has 1 aliphatic heterocycles. The van der Waals surface area contributed by atoms with Gasteiger partial charge in [0.2, 0.25) is 0 Å². The molecule has 0 unspecified atom stereocenters. The maximum Gasteiger partial charge on any atom is 0.322 e. The number of aromatic nitrogens is 1. The number of nitrogens with zero attached hydrogens (tertiary/aromatic N) is 1. The van der Waals surface area contributed by atoms with Crippen LogP contribution in [0.4, 0.5) is 0 Å². The van der Waals surface area contributed by atoms with Gasteiger partial charge in [0.25, 0.3) is 0 Å². The first-order valence-electron chi connectivity index (χ1n) is 4.52. The van der Waals surface area contributed by atoms with Crippen molar-refractivity contribution in [1.29, 1.82) is 0 Å². The van der Waals surface area contributed by atoms with Gasteiger partial charge in [-0.1, -0.05) is 0 Å². The predicted octanol–water partition coefficient (Wildman–Crippen LogP) is 0.762. The van der Waals surface area contributed by atoms with Crippen molar-refractivity contribution in [3.63, 3.8) is 0 Å². The number of carbonyl (C=O) groups excluding carboxylic acids is 1. The molecule has 0 bridgehead atoms. The average molecular weight is 212 g/mol. The Kier molecular flexibility index (Phi) is 2.79. The second-order valence-corrected chi connectivity index (χ2v) is 4.21. The fourth-order valence-corrected chi connectivity index (χ4v) is 2.44. The molecule has 1 fully saturated rings. The molecule has 0 spiro atoms. The Bertz CT molecular complexity index is 313. The summed E-state index contributed by atoms with van der Waals surface area (Å²) in [5.74, 6) is 0.183. The molecule has 1 aromatic heterocycles. The van der Waals surface area contributed by atoms with E-state index in [1.807, 2.05) is 5.38 Å². The number of ether oxygens (including phenoxy) is 1. The van der Waals surface area contributed by atoms with Gasteiger partial charge in [0.05, 0.1) is 12.1 Å². The topological polar surface area (TPSA) is 51.2 Å². The van der Waals surface area contributed by atoms with Gasteiger partial charge in [-0.05, 0) is 6.42 Å². The molecule has 1 N–H and O–H groups in total. The maximum absolute atomic E-state index is 11.2. The molecule has 1 aliphatic rings. The van der Waals surface area contributed by atoms with Crippen molar-refractivity contribution in [2.75, 3.05) is 13.7 Å². The van der Waals surface area contributed by atoms with Crippen molar-refractivity contribution in [1.82, 2.24) is 10.3 Å². The molecular formula is C9H12N2O2S. The van der Waals surface area contributed by atoms with Crippen LogP contribution >= 0.6 is 11.3 Å². The summed E-state index contributed by atoms with van der Waals surface area (Å²) in [5.41, 5.74) is 0. The van der Waals surface area contributed by atoms with Gasteiger partial charge in [-0.2, -0.15) is 0 Å². The van der Waals surface area contributed by atoms with Crippen molar-refractivity contribution in [2.45, 2.75) is 18.4 Å². The summed E-state index contributed by atoms with van der Waals surface area (Å²) in [4.78, 5) is 15.5. The van der Waals surface area contributed by atoms with Gasteiger partial charge in [0, 0.05) is 24.0 Å². The van der Waals surface area contributed by atoms with E-state index in [4.69, 9.17) is 0 Å². The molecule has 5 heteroatoms. The second-order valence-electron chi connectivity index (χ2n) is 3.29. The Hall–Kier alpha value is -0.940. The summed E-state index contributed by atoms with van der Waals surface area (Å²) in [7, 11) is 1.42. The lowest BCUT2D eigenvalue weighted by atomic mass is 10.1. The molecule has 0 radical (unpaired) electrons. The van der Waals surface area contributed by atoms with E-state index in [9.17, 15) is 4.79 Å². The fraction of sp³-hybridized carbons (Fsp3) is 0.556. The van der Waals surface area contributed by atoms with Crippen LogP contribution in [-0.4, -0.2) is 30.6 Å². The van der Waals surface area contributed by atoms with E-state index >= 15 is 0 Å². The molecule has 0 amide bonds. The van der Waals surface area contributed by atoms with Crippen LogP contribution in [0.3, 0.4) is 0 Å². The normalized spacial score (nSPS) is 26.4. The zero-order chi connectivity index (χ0) is 9.97. The van der Waals surface area contributed by atoms with Crippen molar-refractivity contribution >= 4 is 17.3 Å². The highest BCUT2D eigenvalue weighted by Crippen LogP contribution is 2.27. The van der Waals surface area contributed by atoms with Gasteiger partial charge in [-0.25, -0.2) is 4.98 Å². The first-order chi connectivity index (χ1) is 6.81. The van der Waals surface area contributed by atoms with Gasteiger partial charge in [0.1, 0.15) is 6.04 Å². The van der Waals surface area contributed by atoms with Crippen molar-refractivity contribution in [2.24, 2.45) is 0 Å². The summed E-state index contributed by atoms with van der Waals surface area (Å²) < 4.78 is 4.68. The van der Waals surface area contributed by atoms with Gasteiger partial charge in [-0.15, -0.1) is 11.3 Å². The minimum atomic E-state index is -0.177. The van der Waals surface area contributed by atoms with E-state index in [1.165, 1.54) is 7.11 Å². The number of hydrogen-bond donors (Lipinski definition) is 1. The van der Waals surface area contributed by atoms with Crippen LogP contribution in [0, 0.1) is 0 Å². The van der Waals surface area contributed by atoms with Crippen molar-refractivity contribution in [3.05, 3.63) is 16.6 Å². The van der Waals surface area contributed by atoms with Crippen LogP contribution in [0.1, 0.15) is 17.3 Å².